The van der Waals surface area contributed by atoms with E-state index >= 15 is 0 Å². The lowest BCUT2D eigenvalue weighted by Crippen LogP contribution is -1.86. The van der Waals surface area contributed by atoms with Gasteiger partial charge in [0, 0.05) is 0 Å². The topological polar surface area (TPSA) is 49.3 Å². The zero-order valence-corrected chi connectivity index (χ0v) is 3.70. The van der Waals surface area contributed by atoms with Crippen LogP contribution >= 0.6 is 8.18 Å². The van der Waals surface area contributed by atoms with Crippen molar-refractivity contribution in [3.63, 3.8) is 0 Å². The van der Waals surface area contributed by atoms with E-state index in [4.69, 9.17) is 4.89 Å². The molecule has 0 aliphatic rings. The molecule has 0 bridgehead atoms. The van der Waals surface area contributed by atoms with E-state index in [9.17, 15) is 4.57 Å². The summed E-state index contributed by atoms with van der Waals surface area (Å²) in [5.41, 5.74) is 0. The minimum Gasteiger partial charge on any atom is -0.308 e. The monoisotopic (exact) mass is 94.0 g/mol. The van der Waals surface area contributed by atoms with Gasteiger partial charge in [-0.1, -0.05) is 0 Å². The Balaban J connectivity index is 2.85. The Labute approximate surface area is 30.9 Å². The molecule has 0 amide bonds. The van der Waals surface area contributed by atoms with Crippen LogP contribution in [0.25, 0.3) is 0 Å². The maximum atomic E-state index is 9.41. The largest absolute Gasteiger partial charge is 0.308 e. The summed E-state index contributed by atoms with van der Waals surface area (Å²) in [6.07, 6.45) is 0. The summed E-state index contributed by atoms with van der Waals surface area (Å²) in [6.45, 7) is 0. The molecule has 31 valence electrons. The quantitative estimate of drug-likeness (QED) is 0.444. The van der Waals surface area contributed by atoms with Gasteiger partial charge in [0.25, 0.3) is 8.18 Å². The molecule has 0 aromatic carbocycles. The highest BCUT2D eigenvalue weighted by molar-refractivity contribution is 7.35. The van der Waals surface area contributed by atoms with E-state index in [-0.39, 0.29) is 0 Å². The summed E-state index contributed by atoms with van der Waals surface area (Å²) in [5.74, 6) is 0. The van der Waals surface area contributed by atoms with Crippen LogP contribution in [0.1, 0.15) is 0 Å². The van der Waals surface area contributed by atoms with E-state index in [0.717, 1.165) is 0 Å². The molecule has 1 unspecified atom stereocenters. The van der Waals surface area contributed by atoms with Crippen molar-refractivity contribution >= 4 is 8.18 Å². The Morgan fingerprint density at radius 2 is 2.20 bits per heavy atom. The van der Waals surface area contributed by atoms with Crippen molar-refractivity contribution in [2.24, 2.45) is 0 Å². The minimum absolute atomic E-state index is 1.42. The van der Waals surface area contributed by atoms with Crippen molar-refractivity contribution in [2.75, 3.05) is 7.05 Å². The molecular weight excluding hydrogens is 89.0 g/mol. The van der Waals surface area contributed by atoms with Gasteiger partial charge in [-0.25, -0.2) is 9.65 Å². The average Bonchev–Trinajstić information content (AvgIpc) is 1.38. The second kappa shape index (κ2) is 2.27. The van der Waals surface area contributed by atoms with Crippen LogP contribution in [0.2, 0.25) is 0 Å². The van der Waals surface area contributed by atoms with Gasteiger partial charge in [0.05, 0.1) is 0 Å². The Morgan fingerprint density at radius 3 is 2.20 bits per heavy atom. The van der Waals surface area contributed by atoms with Crippen LogP contribution in [0.4, 0.5) is 0 Å². The number of nitrogens with one attached hydrogen (secondary N) is 1. The number of hydrogen-bond donors (Lipinski definition) is 2. The second-order valence-corrected chi connectivity index (χ2v) is 1.49. The van der Waals surface area contributed by atoms with Crippen molar-refractivity contribution in [1.29, 1.82) is 0 Å². The predicted octanol–water partition coefficient (Wildman–Crippen LogP) is -0.145. The highest BCUT2D eigenvalue weighted by Crippen LogP contribution is 1.99. The summed E-state index contributed by atoms with van der Waals surface area (Å²) in [7, 11) is -0.683. The van der Waals surface area contributed by atoms with Crippen molar-refractivity contribution < 1.29 is 9.46 Å². The Morgan fingerprint density at radius 1 is 2.00 bits per heavy atom. The lowest BCUT2D eigenvalue weighted by atomic mass is 11.6. The summed E-state index contributed by atoms with van der Waals surface area (Å²) in [4.78, 5) is 7.76. The molecule has 1 radical (unpaired) electrons. The molecule has 0 rings (SSSR count). The first-order chi connectivity index (χ1) is 2.27. The van der Waals surface area contributed by atoms with E-state index in [0.29, 0.717) is 0 Å². The van der Waals surface area contributed by atoms with Crippen LogP contribution < -0.4 is 5.09 Å². The first-order valence-electron chi connectivity index (χ1n) is 1.11. The predicted molar refractivity (Wildman–Crippen MR) is 18.9 cm³/mol. The average molecular weight is 94.0 g/mol. The van der Waals surface area contributed by atoms with Crippen molar-refractivity contribution in [3.8, 4) is 0 Å². The zero-order valence-electron chi connectivity index (χ0n) is 2.80. The van der Waals surface area contributed by atoms with Gasteiger partial charge in [-0.15, -0.1) is 0 Å². The molecule has 0 saturated carbocycles. The third-order valence-electron chi connectivity index (χ3n) is 0.191. The van der Waals surface area contributed by atoms with E-state index in [2.05, 4.69) is 5.09 Å². The number of rotatable bonds is 1. The maximum absolute atomic E-state index is 9.41. The van der Waals surface area contributed by atoms with E-state index in [1.54, 1.807) is 0 Å². The first-order valence-corrected chi connectivity index (χ1v) is 2.32. The Kier molecular flexibility index (Phi) is 2.28. The molecule has 0 aliphatic heterocycles. The molecule has 0 spiro atoms. The van der Waals surface area contributed by atoms with Gasteiger partial charge >= 0.3 is 0 Å². The van der Waals surface area contributed by atoms with Gasteiger partial charge in [0.2, 0.25) is 0 Å². The SMILES string of the molecule is CN[P](=O)O. The molecule has 0 fully saturated rings. The molecule has 5 heavy (non-hydrogen) atoms. The van der Waals surface area contributed by atoms with Crippen LogP contribution in [-0.4, -0.2) is 11.9 Å². The summed E-state index contributed by atoms with van der Waals surface area (Å²) in [5, 5.41) is 2.09. The molecule has 2 N–H and O–H groups in total. The zero-order chi connectivity index (χ0) is 4.28. The molecule has 4 heteroatoms. The summed E-state index contributed by atoms with van der Waals surface area (Å²) >= 11 is 0. The van der Waals surface area contributed by atoms with Gasteiger partial charge in [-0.2, -0.15) is 0 Å². The van der Waals surface area contributed by atoms with Gasteiger partial charge in [-0.05, 0) is 7.05 Å². The van der Waals surface area contributed by atoms with Crippen LogP contribution in [0, 0.1) is 0 Å². The lowest BCUT2D eigenvalue weighted by Gasteiger charge is -1.76. The highest BCUT2D eigenvalue weighted by Gasteiger charge is 1.75. The number of hydrogen-bond acceptors (Lipinski definition) is 1. The van der Waals surface area contributed by atoms with Crippen LogP contribution in [0.15, 0.2) is 0 Å². The molecule has 3 nitrogen and oxygen atoms in total. The normalized spacial score (nSPS) is 11.2. The molecule has 0 saturated heterocycles. The van der Waals surface area contributed by atoms with E-state index < -0.39 is 8.18 Å². The standard InChI is InChI=1S/CH5NO2P/c1-2-5(3)4/h1H3,(H2,2,3,4). The van der Waals surface area contributed by atoms with Crippen molar-refractivity contribution in [2.45, 2.75) is 0 Å². The van der Waals surface area contributed by atoms with Gasteiger partial charge in [0.1, 0.15) is 0 Å². The third kappa shape index (κ3) is 4.02. The summed E-state index contributed by atoms with van der Waals surface area (Å²) in [6, 6.07) is 0. The van der Waals surface area contributed by atoms with Crippen LogP contribution in [-0.2, 0) is 4.57 Å². The fourth-order valence-corrected chi connectivity index (χ4v) is 0. The van der Waals surface area contributed by atoms with Crippen LogP contribution in [0.5, 0.6) is 0 Å². The molecule has 0 aromatic heterocycles. The third-order valence-corrected chi connectivity index (χ3v) is 0.574. The van der Waals surface area contributed by atoms with E-state index in [1.165, 1.54) is 7.05 Å². The minimum atomic E-state index is -2.10. The second-order valence-electron chi connectivity index (χ2n) is 0.497. The fraction of sp³-hybridized carbons (Fsp3) is 1.00. The molecule has 0 aromatic rings. The van der Waals surface area contributed by atoms with Crippen molar-refractivity contribution in [3.05, 3.63) is 0 Å². The molecule has 1 atom stereocenters. The highest BCUT2D eigenvalue weighted by atomic mass is 31.1. The lowest BCUT2D eigenvalue weighted by molar-refractivity contribution is 0.495. The Hall–Kier alpha value is 0.0200. The van der Waals surface area contributed by atoms with Gasteiger partial charge in [0.15, 0.2) is 0 Å². The van der Waals surface area contributed by atoms with E-state index in [1.807, 2.05) is 0 Å². The Bertz CT molecular complexity index is 44.9. The first kappa shape index (κ1) is 5.02. The molecule has 0 heterocycles. The van der Waals surface area contributed by atoms with Gasteiger partial charge < -0.3 is 4.89 Å². The van der Waals surface area contributed by atoms with Crippen LogP contribution in [0.3, 0.4) is 0 Å². The van der Waals surface area contributed by atoms with Gasteiger partial charge in [-0.3, -0.25) is 0 Å². The fourth-order valence-electron chi connectivity index (χ4n) is 0. The van der Waals surface area contributed by atoms with Crippen molar-refractivity contribution in [1.82, 2.24) is 5.09 Å². The molecule has 0 aliphatic carbocycles. The maximum Gasteiger partial charge on any atom is 0.291 e. The smallest absolute Gasteiger partial charge is 0.291 e. The summed E-state index contributed by atoms with van der Waals surface area (Å²) < 4.78 is 9.41. The molecular formula is CH5NO2P.